The number of fused-ring (bicyclic) bond motifs is 3. The lowest BCUT2D eigenvalue weighted by atomic mass is 10.0. The number of aromatic nitrogens is 1. The van der Waals surface area contributed by atoms with E-state index >= 15 is 0 Å². The molecule has 0 radical (unpaired) electrons. The van der Waals surface area contributed by atoms with E-state index in [4.69, 9.17) is 11.6 Å². The average Bonchev–Trinajstić information content (AvgIpc) is 3.08. The molecule has 2 aromatic rings. The van der Waals surface area contributed by atoms with Gasteiger partial charge in [0.1, 0.15) is 12.0 Å². The molecule has 2 unspecified atom stereocenters. The molecule has 2 aliphatic heterocycles. The Kier molecular flexibility index (Phi) is 3.21. The van der Waals surface area contributed by atoms with Gasteiger partial charge in [-0.05, 0) is 29.8 Å². The maximum Gasteiger partial charge on any atom is 0.161 e. The van der Waals surface area contributed by atoms with Crippen molar-refractivity contribution < 1.29 is 5.11 Å². The molecule has 0 amide bonds. The van der Waals surface area contributed by atoms with Crippen molar-refractivity contribution >= 4 is 29.7 Å². The molecule has 110 valence electrons. The first kappa shape index (κ1) is 13.5. The van der Waals surface area contributed by atoms with E-state index in [1.54, 1.807) is 18.5 Å². The number of allylic oxidation sites excluding steroid dienone is 2. The summed E-state index contributed by atoms with van der Waals surface area (Å²) in [6.45, 7) is 0. The zero-order valence-electron chi connectivity index (χ0n) is 11.7. The van der Waals surface area contributed by atoms with Crippen molar-refractivity contribution in [3.63, 3.8) is 0 Å². The van der Waals surface area contributed by atoms with Gasteiger partial charge in [0.2, 0.25) is 0 Å². The molecule has 0 saturated carbocycles. The number of halogens is 1. The van der Waals surface area contributed by atoms with Gasteiger partial charge in [-0.15, -0.1) is 0 Å². The van der Waals surface area contributed by atoms with Gasteiger partial charge in [-0.25, -0.2) is 9.98 Å². The van der Waals surface area contributed by atoms with E-state index in [1.165, 1.54) is 0 Å². The molecule has 4 nitrogen and oxygen atoms in total. The Morgan fingerprint density at radius 2 is 2.09 bits per heavy atom. The zero-order valence-corrected chi connectivity index (χ0v) is 12.5. The summed E-state index contributed by atoms with van der Waals surface area (Å²) in [5.74, 6) is 0. The Bertz CT molecular complexity index is 893. The number of nitrogens with zero attached hydrogens (tertiary/aromatic N) is 3. The third kappa shape index (κ3) is 2.21. The normalized spacial score (nSPS) is 19.3. The molecule has 2 atom stereocenters. The molecule has 0 fully saturated rings. The van der Waals surface area contributed by atoms with Gasteiger partial charge in [-0.2, -0.15) is 0 Å². The highest BCUT2D eigenvalue weighted by molar-refractivity contribution is 6.30. The van der Waals surface area contributed by atoms with Crippen LogP contribution >= 0.6 is 11.6 Å². The molecule has 0 saturated heterocycles. The molecule has 0 bridgehead atoms. The second-order valence-corrected chi connectivity index (χ2v) is 5.88. The molecular weight excluding hydrogens is 298 g/mol. The molecule has 2 aliphatic rings. The molecule has 1 aromatic heterocycles. The van der Waals surface area contributed by atoms with Gasteiger partial charge >= 0.3 is 0 Å². The summed E-state index contributed by atoms with van der Waals surface area (Å²) in [5.41, 5.74) is 2.62. The lowest BCUT2D eigenvalue weighted by Crippen LogP contribution is -2.32. The van der Waals surface area contributed by atoms with Crippen molar-refractivity contribution in [3.8, 4) is 0 Å². The van der Waals surface area contributed by atoms with Crippen LogP contribution in [-0.4, -0.2) is 16.0 Å². The van der Waals surface area contributed by atoms with E-state index < -0.39 is 6.10 Å². The monoisotopic (exact) mass is 311 g/mol. The van der Waals surface area contributed by atoms with Gasteiger partial charge in [0.25, 0.3) is 0 Å². The predicted octanol–water partition coefficient (Wildman–Crippen LogP) is 2.45. The number of aliphatic hydroxyl groups excluding tert-OH is 1. The predicted molar refractivity (Wildman–Crippen MR) is 87.0 cm³/mol. The van der Waals surface area contributed by atoms with Gasteiger partial charge in [-0.1, -0.05) is 35.9 Å². The van der Waals surface area contributed by atoms with Crippen molar-refractivity contribution in [2.24, 2.45) is 9.98 Å². The molecule has 3 heterocycles. The van der Waals surface area contributed by atoms with Crippen LogP contribution < -0.4 is 10.8 Å². The molecule has 4 rings (SSSR count). The number of aliphatic hydroxyl groups is 1. The fourth-order valence-electron chi connectivity index (χ4n) is 2.97. The van der Waals surface area contributed by atoms with E-state index in [0.717, 1.165) is 22.1 Å². The van der Waals surface area contributed by atoms with Gasteiger partial charge in [0, 0.05) is 16.8 Å². The first-order valence-electron chi connectivity index (χ1n) is 7.16. The smallest absolute Gasteiger partial charge is 0.161 e. The fraction of sp³-hybridized carbons (Fsp3) is 0.176. The summed E-state index contributed by atoms with van der Waals surface area (Å²) in [7, 11) is 0. The highest BCUT2D eigenvalue weighted by Gasteiger charge is 2.21. The summed E-state index contributed by atoms with van der Waals surface area (Å²) in [4.78, 5) is 8.58. The Hall–Kier alpha value is -2.17. The molecule has 0 spiro atoms. The van der Waals surface area contributed by atoms with Crippen LogP contribution in [0.5, 0.6) is 0 Å². The number of rotatable bonds is 3. The standard InChI is InChI=1S/C17H14ClN3O/c18-12-6-4-11(5-7-12)16(22)9-14-3-1-2-13-8-15-17(21(13)14)20-10-19-15/h1-8,10,14,16,22H,9H2. The van der Waals surface area contributed by atoms with Crippen molar-refractivity contribution in [1.82, 2.24) is 4.57 Å². The van der Waals surface area contributed by atoms with E-state index in [-0.39, 0.29) is 6.04 Å². The largest absolute Gasteiger partial charge is 0.388 e. The van der Waals surface area contributed by atoms with Crippen LogP contribution in [0.4, 0.5) is 5.69 Å². The van der Waals surface area contributed by atoms with Gasteiger partial charge in [0.05, 0.1) is 12.1 Å². The summed E-state index contributed by atoms with van der Waals surface area (Å²) in [6, 6.07) is 9.40. The minimum atomic E-state index is -0.557. The van der Waals surface area contributed by atoms with Crippen LogP contribution in [0.3, 0.4) is 0 Å². The number of hydrogen-bond donors (Lipinski definition) is 1. The van der Waals surface area contributed by atoms with Crippen molar-refractivity contribution in [3.05, 3.63) is 63.9 Å². The maximum absolute atomic E-state index is 10.5. The Labute approximate surface area is 132 Å². The van der Waals surface area contributed by atoms with Crippen LogP contribution in [0.15, 0.2) is 52.5 Å². The number of aliphatic imine (C=N–C) groups is 1. The lowest BCUT2D eigenvalue weighted by molar-refractivity contribution is 0.152. The molecule has 22 heavy (non-hydrogen) atoms. The first-order valence-corrected chi connectivity index (χ1v) is 7.54. The Morgan fingerprint density at radius 3 is 2.91 bits per heavy atom. The topological polar surface area (TPSA) is 49.9 Å². The van der Waals surface area contributed by atoms with Crippen LogP contribution in [-0.2, 0) is 0 Å². The average molecular weight is 312 g/mol. The van der Waals surface area contributed by atoms with Crippen molar-refractivity contribution in [1.29, 1.82) is 0 Å². The molecule has 0 aliphatic carbocycles. The van der Waals surface area contributed by atoms with Crippen molar-refractivity contribution in [2.75, 3.05) is 0 Å². The summed E-state index contributed by atoms with van der Waals surface area (Å²) in [5, 5.41) is 12.3. The highest BCUT2D eigenvalue weighted by Crippen LogP contribution is 2.26. The van der Waals surface area contributed by atoms with Crippen molar-refractivity contribution in [2.45, 2.75) is 18.6 Å². The van der Waals surface area contributed by atoms with E-state index in [0.29, 0.717) is 11.4 Å². The Balaban J connectivity index is 1.65. The quantitative estimate of drug-likeness (QED) is 0.930. The molecule has 1 aromatic carbocycles. The SMILES string of the molecule is OC(CC1C=CC=c2cc3c(n21)=NC=N3)c1ccc(Cl)cc1. The van der Waals surface area contributed by atoms with Crippen LogP contribution in [0.2, 0.25) is 5.02 Å². The van der Waals surface area contributed by atoms with Gasteiger partial charge in [0.15, 0.2) is 5.49 Å². The highest BCUT2D eigenvalue weighted by atomic mass is 35.5. The van der Waals surface area contributed by atoms with Gasteiger partial charge in [-0.3, -0.25) is 0 Å². The maximum atomic E-state index is 10.5. The third-order valence-electron chi connectivity index (χ3n) is 4.05. The third-order valence-corrected chi connectivity index (χ3v) is 4.30. The minimum absolute atomic E-state index is 0.0554. The molecule has 1 N–H and O–H groups in total. The van der Waals surface area contributed by atoms with Crippen LogP contribution in [0.25, 0.3) is 6.08 Å². The van der Waals surface area contributed by atoms with Crippen LogP contribution in [0, 0.1) is 0 Å². The molecular formula is C17H14ClN3O. The number of hydrogen-bond acceptors (Lipinski definition) is 3. The number of benzene rings is 1. The lowest BCUT2D eigenvalue weighted by Gasteiger charge is -2.21. The van der Waals surface area contributed by atoms with E-state index in [1.807, 2.05) is 30.4 Å². The van der Waals surface area contributed by atoms with E-state index in [2.05, 4.69) is 20.6 Å². The Morgan fingerprint density at radius 1 is 1.27 bits per heavy atom. The second-order valence-electron chi connectivity index (χ2n) is 5.44. The zero-order chi connectivity index (χ0) is 15.1. The minimum Gasteiger partial charge on any atom is -0.388 e. The second kappa shape index (κ2) is 5.23. The molecule has 5 heteroatoms. The van der Waals surface area contributed by atoms with Gasteiger partial charge < -0.3 is 9.67 Å². The van der Waals surface area contributed by atoms with Crippen LogP contribution in [0.1, 0.15) is 24.1 Å². The van der Waals surface area contributed by atoms with E-state index in [9.17, 15) is 5.11 Å². The summed E-state index contributed by atoms with van der Waals surface area (Å²) in [6.07, 6.45) is 7.74. The summed E-state index contributed by atoms with van der Waals surface area (Å²) >= 11 is 5.90. The fourth-order valence-corrected chi connectivity index (χ4v) is 3.09. The first-order chi connectivity index (χ1) is 10.7. The summed E-state index contributed by atoms with van der Waals surface area (Å²) < 4.78 is 2.13.